The van der Waals surface area contributed by atoms with Crippen molar-refractivity contribution in [2.24, 2.45) is 0 Å². The zero-order valence-corrected chi connectivity index (χ0v) is 12.7. The molecule has 0 spiro atoms. The highest BCUT2D eigenvalue weighted by molar-refractivity contribution is 5.97. The summed E-state index contributed by atoms with van der Waals surface area (Å²) < 4.78 is 10.8. The highest BCUT2D eigenvalue weighted by Gasteiger charge is 2.17. The lowest BCUT2D eigenvalue weighted by molar-refractivity contribution is -0.126. The fraction of sp³-hybridized carbons (Fsp3) is 0.312. The normalized spacial score (nSPS) is 11.9. The van der Waals surface area contributed by atoms with Crippen molar-refractivity contribution in [3.05, 3.63) is 42.8 Å². The number of aromatic nitrogens is 2. The summed E-state index contributed by atoms with van der Waals surface area (Å²) in [5.41, 5.74) is 1.28. The molecule has 0 aliphatic carbocycles. The summed E-state index contributed by atoms with van der Waals surface area (Å²) in [6.45, 7) is 7.50. The number of aryl methyl sites for hydroxylation is 1. The van der Waals surface area contributed by atoms with Crippen LogP contribution in [0.2, 0.25) is 0 Å². The zero-order valence-electron chi connectivity index (χ0n) is 12.7. The highest BCUT2D eigenvalue weighted by Crippen LogP contribution is 2.26. The largest absolute Gasteiger partial charge is 0.421 e. The zero-order chi connectivity index (χ0) is 15.9. The minimum atomic E-state index is -0.558. The Balaban J connectivity index is 2.09. The molecular formula is C16H19N3O3. The van der Waals surface area contributed by atoms with Gasteiger partial charge in [-0.05, 0) is 25.5 Å². The van der Waals surface area contributed by atoms with Gasteiger partial charge in [0.1, 0.15) is 6.10 Å². The average molecular weight is 301 g/mol. The number of rotatable bonds is 7. The maximum atomic E-state index is 12.2. The molecule has 0 fully saturated rings. The number of benzene rings is 1. The second-order valence-electron chi connectivity index (χ2n) is 4.75. The number of nitrogens with one attached hydrogen (secondary N) is 1. The van der Waals surface area contributed by atoms with Crippen LogP contribution in [0.15, 0.2) is 41.3 Å². The molecule has 6 nitrogen and oxygen atoms in total. The topological polar surface area (TPSA) is 77.2 Å². The maximum Gasteiger partial charge on any atom is 0.253 e. The van der Waals surface area contributed by atoms with Gasteiger partial charge in [0.2, 0.25) is 11.8 Å². The van der Waals surface area contributed by atoms with Gasteiger partial charge < -0.3 is 14.5 Å². The van der Waals surface area contributed by atoms with E-state index in [1.165, 1.54) is 0 Å². The molecule has 1 atom stereocenters. The molecule has 22 heavy (non-hydrogen) atoms. The van der Waals surface area contributed by atoms with E-state index in [1.807, 2.05) is 18.2 Å². The van der Waals surface area contributed by atoms with Gasteiger partial charge in [-0.15, -0.1) is 16.8 Å². The second-order valence-corrected chi connectivity index (χ2v) is 4.75. The van der Waals surface area contributed by atoms with Gasteiger partial charge in [-0.25, -0.2) is 0 Å². The third-order valence-electron chi connectivity index (χ3n) is 3.00. The van der Waals surface area contributed by atoms with Gasteiger partial charge in [-0.2, -0.15) is 0 Å². The lowest BCUT2D eigenvalue weighted by atomic mass is 10.1. The number of hydrogen-bond donors (Lipinski definition) is 1. The predicted molar refractivity (Wildman–Crippen MR) is 83.3 cm³/mol. The Kier molecular flexibility index (Phi) is 5.43. The summed E-state index contributed by atoms with van der Waals surface area (Å²) in [6, 6.07) is 7.26. The first kappa shape index (κ1) is 15.9. The molecule has 0 aliphatic heterocycles. The number of carbonyl (C=O) groups is 1. The third-order valence-corrected chi connectivity index (χ3v) is 3.00. The fourth-order valence-electron chi connectivity index (χ4n) is 1.82. The minimum absolute atomic E-state index is 0.229. The van der Waals surface area contributed by atoms with E-state index >= 15 is 0 Å². The number of para-hydroxylation sites is 1. The smallest absolute Gasteiger partial charge is 0.253 e. The van der Waals surface area contributed by atoms with Crippen molar-refractivity contribution < 1.29 is 13.9 Å². The van der Waals surface area contributed by atoms with Crippen LogP contribution in [0, 0.1) is 6.92 Å². The van der Waals surface area contributed by atoms with Gasteiger partial charge in [0.05, 0.1) is 17.9 Å². The van der Waals surface area contributed by atoms with Gasteiger partial charge >= 0.3 is 0 Å². The summed E-state index contributed by atoms with van der Waals surface area (Å²) in [5, 5.41) is 10.6. The Morgan fingerprint density at radius 1 is 1.45 bits per heavy atom. The Hall–Kier alpha value is -2.47. The van der Waals surface area contributed by atoms with Gasteiger partial charge in [-0.3, -0.25) is 4.79 Å². The summed E-state index contributed by atoms with van der Waals surface area (Å²) in [6.07, 6.45) is 1.89. The first-order valence-electron chi connectivity index (χ1n) is 7.04. The molecule has 1 amide bonds. The van der Waals surface area contributed by atoms with Crippen LogP contribution < -0.4 is 5.32 Å². The Morgan fingerprint density at radius 3 is 2.91 bits per heavy atom. The molecule has 2 aromatic rings. The van der Waals surface area contributed by atoms with Crippen LogP contribution in [0.1, 0.15) is 19.2 Å². The third kappa shape index (κ3) is 4.02. The van der Waals surface area contributed by atoms with Crippen molar-refractivity contribution in [1.82, 2.24) is 10.2 Å². The summed E-state index contributed by atoms with van der Waals surface area (Å²) >= 11 is 0. The average Bonchev–Trinajstić information content (AvgIpc) is 2.94. The number of ether oxygens (including phenoxy) is 1. The van der Waals surface area contributed by atoms with Crippen molar-refractivity contribution in [3.63, 3.8) is 0 Å². The van der Waals surface area contributed by atoms with Crippen molar-refractivity contribution >= 4 is 11.6 Å². The van der Waals surface area contributed by atoms with Gasteiger partial charge in [-0.1, -0.05) is 18.2 Å². The van der Waals surface area contributed by atoms with E-state index in [4.69, 9.17) is 9.15 Å². The van der Waals surface area contributed by atoms with Gasteiger partial charge in [0.25, 0.3) is 5.91 Å². The van der Waals surface area contributed by atoms with Crippen LogP contribution in [0.25, 0.3) is 11.5 Å². The Morgan fingerprint density at radius 2 is 2.23 bits per heavy atom. The summed E-state index contributed by atoms with van der Waals surface area (Å²) in [5.74, 6) is 0.610. The molecule has 116 valence electrons. The minimum Gasteiger partial charge on any atom is -0.421 e. The molecule has 1 N–H and O–H groups in total. The standard InChI is InChI=1S/C16H19N3O3/c1-4-5-10-21-11(2)15(20)17-14-9-7-6-8-13(14)16-19-18-12(3)22-16/h4,6-9,11H,1,5,10H2,2-3H3,(H,17,20). The molecule has 1 aromatic carbocycles. The molecule has 0 saturated carbocycles. The van der Waals surface area contributed by atoms with Crippen LogP contribution in [-0.2, 0) is 9.53 Å². The van der Waals surface area contributed by atoms with Crippen LogP contribution in [0.4, 0.5) is 5.69 Å². The number of anilines is 1. The number of amides is 1. The van der Waals surface area contributed by atoms with E-state index in [0.717, 1.165) is 0 Å². The molecule has 1 aromatic heterocycles. The molecule has 2 rings (SSSR count). The monoisotopic (exact) mass is 301 g/mol. The predicted octanol–water partition coefficient (Wildman–Crippen LogP) is 2.96. The summed E-state index contributed by atoms with van der Waals surface area (Å²) in [7, 11) is 0. The van der Waals surface area contributed by atoms with Crippen molar-refractivity contribution in [2.45, 2.75) is 26.4 Å². The van der Waals surface area contributed by atoms with Gasteiger partial charge in [0, 0.05) is 6.92 Å². The van der Waals surface area contributed by atoms with E-state index in [9.17, 15) is 4.79 Å². The summed E-state index contributed by atoms with van der Waals surface area (Å²) in [4.78, 5) is 12.2. The molecule has 0 radical (unpaired) electrons. The van der Waals surface area contributed by atoms with E-state index in [0.29, 0.717) is 36.1 Å². The molecule has 1 unspecified atom stereocenters. The molecule has 6 heteroatoms. The first-order valence-corrected chi connectivity index (χ1v) is 7.04. The lowest BCUT2D eigenvalue weighted by Crippen LogP contribution is -2.28. The van der Waals surface area contributed by atoms with Crippen molar-refractivity contribution in [2.75, 3.05) is 11.9 Å². The molecule has 0 saturated heterocycles. The van der Waals surface area contributed by atoms with Crippen LogP contribution >= 0.6 is 0 Å². The highest BCUT2D eigenvalue weighted by atomic mass is 16.5. The maximum absolute atomic E-state index is 12.2. The number of hydrogen-bond acceptors (Lipinski definition) is 5. The van der Waals surface area contributed by atoms with E-state index in [1.54, 1.807) is 26.0 Å². The van der Waals surface area contributed by atoms with Crippen molar-refractivity contribution in [1.29, 1.82) is 0 Å². The van der Waals surface area contributed by atoms with Crippen LogP contribution in [0.3, 0.4) is 0 Å². The van der Waals surface area contributed by atoms with Crippen molar-refractivity contribution in [3.8, 4) is 11.5 Å². The van der Waals surface area contributed by atoms with Crippen LogP contribution in [-0.4, -0.2) is 28.8 Å². The van der Waals surface area contributed by atoms with E-state index in [-0.39, 0.29) is 5.91 Å². The fourth-order valence-corrected chi connectivity index (χ4v) is 1.82. The first-order chi connectivity index (χ1) is 10.6. The molecular weight excluding hydrogens is 282 g/mol. The Bertz CT molecular complexity index is 652. The SMILES string of the molecule is C=CCCOC(C)C(=O)Nc1ccccc1-c1nnc(C)o1. The van der Waals surface area contributed by atoms with E-state index < -0.39 is 6.10 Å². The quantitative estimate of drug-likeness (QED) is 0.628. The van der Waals surface area contributed by atoms with E-state index in [2.05, 4.69) is 22.1 Å². The second kappa shape index (κ2) is 7.51. The van der Waals surface area contributed by atoms with Gasteiger partial charge in [0.15, 0.2) is 0 Å². The Labute approximate surface area is 129 Å². The number of carbonyl (C=O) groups excluding carboxylic acids is 1. The lowest BCUT2D eigenvalue weighted by Gasteiger charge is -2.14. The molecule has 0 bridgehead atoms. The molecule has 0 aliphatic rings. The van der Waals surface area contributed by atoms with Crippen LogP contribution in [0.5, 0.6) is 0 Å². The number of nitrogens with zero attached hydrogens (tertiary/aromatic N) is 2. The molecule has 1 heterocycles.